The second kappa shape index (κ2) is 9.93. The highest BCUT2D eigenvalue weighted by Crippen LogP contribution is 2.14. The third kappa shape index (κ3) is 6.66. The number of hydrogen-bond acceptors (Lipinski definition) is 7. The maximum absolute atomic E-state index is 9.72. The van der Waals surface area contributed by atoms with E-state index in [9.17, 15) is 10.2 Å². The Balaban J connectivity index is 1.52. The van der Waals surface area contributed by atoms with Crippen LogP contribution in [0.25, 0.3) is 0 Å². The third-order valence-corrected chi connectivity index (χ3v) is 3.72. The van der Waals surface area contributed by atoms with Crippen LogP contribution < -0.4 is 16.0 Å². The van der Waals surface area contributed by atoms with Crippen LogP contribution in [0.1, 0.15) is 22.8 Å². The molecule has 0 saturated carbocycles. The molecular weight excluding hydrogens is 318 g/mol. The monoisotopic (exact) mass is 345 g/mol. The zero-order chi connectivity index (χ0) is 18.1. The first-order chi connectivity index (χ1) is 12.1. The maximum atomic E-state index is 9.72. The lowest BCUT2D eigenvalue weighted by Crippen LogP contribution is -2.32. The SMILES string of the molecule is Cc1ccc(O)c(CNCCNCCNCc2nc(C)ccc2O)n1. The standard InChI is InChI=1S/C18H27N5O2/c1-13-3-5-17(24)15(22-13)11-20-9-7-19-8-10-21-12-16-18(25)6-4-14(2)23-16/h3-6,19-21,24-25H,7-12H2,1-2H3. The molecule has 2 rings (SSSR count). The van der Waals surface area contributed by atoms with Crippen LogP contribution in [0.3, 0.4) is 0 Å². The molecule has 2 aromatic rings. The van der Waals surface area contributed by atoms with Crippen LogP contribution in [0.4, 0.5) is 0 Å². The molecule has 0 fully saturated rings. The van der Waals surface area contributed by atoms with Gasteiger partial charge < -0.3 is 26.2 Å². The van der Waals surface area contributed by atoms with Crippen LogP contribution in [0, 0.1) is 13.8 Å². The molecule has 2 heterocycles. The van der Waals surface area contributed by atoms with E-state index in [0.717, 1.165) is 37.6 Å². The minimum Gasteiger partial charge on any atom is -0.506 e. The smallest absolute Gasteiger partial charge is 0.138 e. The molecule has 0 radical (unpaired) electrons. The average molecular weight is 345 g/mol. The molecule has 25 heavy (non-hydrogen) atoms. The largest absolute Gasteiger partial charge is 0.506 e. The van der Waals surface area contributed by atoms with Crippen LogP contribution in [-0.2, 0) is 13.1 Å². The normalized spacial score (nSPS) is 11.0. The van der Waals surface area contributed by atoms with Crippen molar-refractivity contribution in [2.75, 3.05) is 26.2 Å². The average Bonchev–Trinajstić information content (AvgIpc) is 2.59. The van der Waals surface area contributed by atoms with E-state index < -0.39 is 0 Å². The predicted octanol–water partition coefficient (Wildman–Crippen LogP) is 0.974. The van der Waals surface area contributed by atoms with E-state index in [1.165, 1.54) is 0 Å². The molecule has 0 aliphatic carbocycles. The summed E-state index contributed by atoms with van der Waals surface area (Å²) in [5.74, 6) is 0.450. The lowest BCUT2D eigenvalue weighted by atomic mass is 10.3. The van der Waals surface area contributed by atoms with E-state index in [4.69, 9.17) is 0 Å². The third-order valence-electron chi connectivity index (χ3n) is 3.72. The van der Waals surface area contributed by atoms with Gasteiger partial charge >= 0.3 is 0 Å². The quantitative estimate of drug-likeness (QED) is 0.409. The van der Waals surface area contributed by atoms with Crippen LogP contribution in [0.5, 0.6) is 11.5 Å². The fraction of sp³-hybridized carbons (Fsp3) is 0.444. The minimum absolute atomic E-state index is 0.225. The van der Waals surface area contributed by atoms with Gasteiger partial charge in [0.05, 0.1) is 11.4 Å². The van der Waals surface area contributed by atoms with Crippen LogP contribution in [0.15, 0.2) is 24.3 Å². The molecule has 0 amide bonds. The molecule has 0 aromatic carbocycles. The van der Waals surface area contributed by atoms with E-state index in [0.29, 0.717) is 24.5 Å². The molecule has 0 bridgehead atoms. The molecule has 0 aliphatic rings. The molecule has 0 atom stereocenters. The van der Waals surface area contributed by atoms with Crippen molar-refractivity contribution in [1.82, 2.24) is 25.9 Å². The highest BCUT2D eigenvalue weighted by atomic mass is 16.3. The Hall–Kier alpha value is -2.22. The summed E-state index contributed by atoms with van der Waals surface area (Å²) in [7, 11) is 0. The Morgan fingerprint density at radius 3 is 1.52 bits per heavy atom. The number of nitrogens with zero attached hydrogens (tertiary/aromatic N) is 2. The Bertz CT molecular complexity index is 621. The first-order valence-electron chi connectivity index (χ1n) is 8.49. The van der Waals surface area contributed by atoms with Gasteiger partial charge in [-0.05, 0) is 38.1 Å². The predicted molar refractivity (Wildman–Crippen MR) is 97.6 cm³/mol. The zero-order valence-corrected chi connectivity index (χ0v) is 14.8. The summed E-state index contributed by atoms with van der Waals surface area (Å²) in [4.78, 5) is 8.61. The number of aromatic nitrogens is 2. The zero-order valence-electron chi connectivity index (χ0n) is 14.8. The summed E-state index contributed by atoms with van der Waals surface area (Å²) >= 11 is 0. The summed E-state index contributed by atoms with van der Waals surface area (Å²) in [6.45, 7) is 8.12. The van der Waals surface area contributed by atoms with Gasteiger partial charge in [-0.1, -0.05) is 0 Å². The number of rotatable bonds is 10. The highest BCUT2D eigenvalue weighted by molar-refractivity contribution is 5.28. The van der Waals surface area contributed by atoms with E-state index in [1.54, 1.807) is 24.3 Å². The van der Waals surface area contributed by atoms with Crippen LogP contribution in [-0.4, -0.2) is 46.4 Å². The fourth-order valence-corrected chi connectivity index (χ4v) is 2.36. The fourth-order valence-electron chi connectivity index (χ4n) is 2.36. The van der Waals surface area contributed by atoms with E-state index in [2.05, 4.69) is 25.9 Å². The van der Waals surface area contributed by atoms with Gasteiger partial charge in [-0.3, -0.25) is 9.97 Å². The minimum atomic E-state index is 0.225. The lowest BCUT2D eigenvalue weighted by molar-refractivity contribution is 0.457. The van der Waals surface area contributed by atoms with Crippen molar-refractivity contribution in [2.24, 2.45) is 0 Å². The second-order valence-electron chi connectivity index (χ2n) is 5.94. The molecule has 0 aliphatic heterocycles. The van der Waals surface area contributed by atoms with Gasteiger partial charge in [0.15, 0.2) is 0 Å². The van der Waals surface area contributed by atoms with Crippen molar-refractivity contribution in [3.63, 3.8) is 0 Å². The van der Waals surface area contributed by atoms with E-state index >= 15 is 0 Å². The van der Waals surface area contributed by atoms with Crippen molar-refractivity contribution < 1.29 is 10.2 Å². The Labute approximate surface area is 148 Å². The summed E-state index contributed by atoms with van der Waals surface area (Å²) in [6.07, 6.45) is 0. The maximum Gasteiger partial charge on any atom is 0.138 e. The van der Waals surface area contributed by atoms with Gasteiger partial charge in [0.2, 0.25) is 0 Å². The molecule has 2 aromatic heterocycles. The van der Waals surface area contributed by atoms with Crippen molar-refractivity contribution in [1.29, 1.82) is 0 Å². The molecule has 0 spiro atoms. The molecule has 0 unspecified atom stereocenters. The summed E-state index contributed by atoms with van der Waals surface area (Å²) in [5.41, 5.74) is 3.14. The second-order valence-corrected chi connectivity index (χ2v) is 5.94. The lowest BCUT2D eigenvalue weighted by Gasteiger charge is -2.09. The number of pyridine rings is 2. The Morgan fingerprint density at radius 1 is 0.680 bits per heavy atom. The van der Waals surface area contributed by atoms with Gasteiger partial charge in [0.25, 0.3) is 0 Å². The van der Waals surface area contributed by atoms with Gasteiger partial charge in [0, 0.05) is 50.7 Å². The highest BCUT2D eigenvalue weighted by Gasteiger charge is 2.03. The van der Waals surface area contributed by atoms with Crippen molar-refractivity contribution >= 4 is 0 Å². The van der Waals surface area contributed by atoms with E-state index in [-0.39, 0.29) is 11.5 Å². The first-order valence-corrected chi connectivity index (χ1v) is 8.49. The molecule has 7 heteroatoms. The van der Waals surface area contributed by atoms with Crippen molar-refractivity contribution in [2.45, 2.75) is 26.9 Å². The molecular formula is C18H27N5O2. The van der Waals surface area contributed by atoms with Crippen molar-refractivity contribution in [3.8, 4) is 11.5 Å². The summed E-state index contributed by atoms with van der Waals surface area (Å²) in [6, 6.07) is 6.92. The molecule has 0 saturated heterocycles. The van der Waals surface area contributed by atoms with E-state index in [1.807, 2.05) is 13.8 Å². The first kappa shape index (κ1) is 19.1. The van der Waals surface area contributed by atoms with Crippen LogP contribution in [0.2, 0.25) is 0 Å². The number of aryl methyl sites for hydroxylation is 2. The topological polar surface area (TPSA) is 102 Å². The summed E-state index contributed by atoms with van der Waals surface area (Å²) < 4.78 is 0. The van der Waals surface area contributed by atoms with Gasteiger partial charge in [-0.2, -0.15) is 0 Å². The van der Waals surface area contributed by atoms with Gasteiger partial charge in [-0.25, -0.2) is 0 Å². The molecule has 7 nitrogen and oxygen atoms in total. The Kier molecular flexibility index (Phi) is 7.59. The summed E-state index contributed by atoms with van der Waals surface area (Å²) in [5, 5.41) is 29.3. The van der Waals surface area contributed by atoms with Crippen LogP contribution >= 0.6 is 0 Å². The number of hydrogen-bond donors (Lipinski definition) is 5. The van der Waals surface area contributed by atoms with Gasteiger partial charge in [-0.15, -0.1) is 0 Å². The van der Waals surface area contributed by atoms with Gasteiger partial charge in [0.1, 0.15) is 11.5 Å². The number of nitrogens with one attached hydrogen (secondary N) is 3. The molecule has 136 valence electrons. The number of aromatic hydroxyl groups is 2. The molecule has 5 N–H and O–H groups in total. The van der Waals surface area contributed by atoms with Crippen molar-refractivity contribution in [3.05, 3.63) is 47.0 Å². The Morgan fingerprint density at radius 2 is 1.08 bits per heavy atom.